The van der Waals surface area contributed by atoms with Crippen molar-refractivity contribution in [2.75, 3.05) is 30.9 Å². The number of carbonyl (C=O) groups excluding carboxylic acids is 1. The molecule has 2 N–H and O–H groups in total. The van der Waals surface area contributed by atoms with Crippen LogP contribution in [0, 0.1) is 10.1 Å². The first-order valence-corrected chi connectivity index (χ1v) is 8.66. The zero-order valence-corrected chi connectivity index (χ0v) is 14.9. The van der Waals surface area contributed by atoms with Crippen molar-refractivity contribution >= 4 is 23.0 Å². The number of nitro benzene ring substituents is 1. The minimum Gasteiger partial charge on any atom is -0.497 e. The summed E-state index contributed by atoms with van der Waals surface area (Å²) in [5.74, 6) is 0.237. The summed E-state index contributed by atoms with van der Waals surface area (Å²) < 4.78 is 10.7. The van der Waals surface area contributed by atoms with Gasteiger partial charge in [-0.3, -0.25) is 14.9 Å². The van der Waals surface area contributed by atoms with Crippen molar-refractivity contribution in [2.45, 2.75) is 18.9 Å². The fourth-order valence-corrected chi connectivity index (χ4v) is 2.89. The summed E-state index contributed by atoms with van der Waals surface area (Å²) in [6, 6.07) is 11.1. The van der Waals surface area contributed by atoms with Crippen molar-refractivity contribution in [1.29, 1.82) is 0 Å². The molecule has 0 radical (unpaired) electrons. The van der Waals surface area contributed by atoms with Crippen molar-refractivity contribution in [2.24, 2.45) is 0 Å². The number of benzene rings is 2. The predicted molar refractivity (Wildman–Crippen MR) is 102 cm³/mol. The maximum absolute atomic E-state index is 12.7. The van der Waals surface area contributed by atoms with Gasteiger partial charge < -0.3 is 20.1 Å². The van der Waals surface area contributed by atoms with Gasteiger partial charge in [-0.05, 0) is 43.2 Å². The van der Waals surface area contributed by atoms with Crippen LogP contribution in [0.4, 0.5) is 17.1 Å². The highest BCUT2D eigenvalue weighted by Crippen LogP contribution is 2.25. The van der Waals surface area contributed by atoms with Gasteiger partial charge in [0.25, 0.3) is 11.6 Å². The number of nitrogens with zero attached hydrogens (tertiary/aromatic N) is 1. The number of anilines is 2. The molecule has 0 spiro atoms. The summed E-state index contributed by atoms with van der Waals surface area (Å²) in [6.45, 7) is 1.28. The van der Waals surface area contributed by atoms with Gasteiger partial charge in [0.05, 0.1) is 23.7 Å². The molecular weight excluding hydrogens is 350 g/mol. The molecular formula is C19H21N3O5. The molecule has 1 heterocycles. The highest BCUT2D eigenvalue weighted by molar-refractivity contribution is 6.08. The first kappa shape index (κ1) is 18.7. The zero-order chi connectivity index (χ0) is 19.2. The number of hydrogen-bond donors (Lipinski definition) is 2. The van der Waals surface area contributed by atoms with Crippen LogP contribution < -0.4 is 15.4 Å². The summed E-state index contributed by atoms with van der Waals surface area (Å²) in [5, 5.41) is 17.0. The van der Waals surface area contributed by atoms with Crippen LogP contribution in [0.3, 0.4) is 0 Å². The molecule has 2 aromatic carbocycles. The van der Waals surface area contributed by atoms with Crippen molar-refractivity contribution < 1.29 is 19.2 Å². The Kier molecular flexibility index (Phi) is 5.87. The Morgan fingerprint density at radius 1 is 1.30 bits per heavy atom. The van der Waals surface area contributed by atoms with E-state index in [0.29, 0.717) is 23.7 Å². The Labute approximate surface area is 156 Å². The van der Waals surface area contributed by atoms with Gasteiger partial charge in [0.15, 0.2) is 0 Å². The smallest absolute Gasteiger partial charge is 0.270 e. The van der Waals surface area contributed by atoms with Crippen LogP contribution >= 0.6 is 0 Å². The molecule has 0 saturated carbocycles. The lowest BCUT2D eigenvalue weighted by Crippen LogP contribution is -2.21. The number of rotatable bonds is 7. The van der Waals surface area contributed by atoms with Crippen LogP contribution in [0.2, 0.25) is 0 Å². The van der Waals surface area contributed by atoms with Crippen molar-refractivity contribution in [1.82, 2.24) is 0 Å². The van der Waals surface area contributed by atoms with Gasteiger partial charge in [-0.1, -0.05) is 0 Å². The fraction of sp³-hybridized carbons (Fsp3) is 0.316. The first-order valence-electron chi connectivity index (χ1n) is 8.66. The molecule has 0 bridgehead atoms. The predicted octanol–water partition coefficient (Wildman–Crippen LogP) is 3.45. The Hall–Kier alpha value is -3.13. The minimum absolute atomic E-state index is 0.0812. The standard InChI is InChI=1S/C19H21N3O5/c1-26-15-7-4-13(5-8-15)21-19(23)17-11-14(22(24)25)6-9-18(17)20-12-16-3-2-10-27-16/h4-9,11,16,20H,2-3,10,12H2,1H3,(H,21,23). The molecule has 1 aliphatic heterocycles. The lowest BCUT2D eigenvalue weighted by atomic mass is 10.1. The second kappa shape index (κ2) is 8.50. The second-order valence-corrected chi connectivity index (χ2v) is 6.19. The third-order valence-corrected chi connectivity index (χ3v) is 4.35. The van der Waals surface area contributed by atoms with E-state index in [-0.39, 0.29) is 17.4 Å². The lowest BCUT2D eigenvalue weighted by molar-refractivity contribution is -0.384. The lowest BCUT2D eigenvalue weighted by Gasteiger charge is -2.15. The molecule has 142 valence electrons. The Morgan fingerprint density at radius 3 is 2.70 bits per heavy atom. The Morgan fingerprint density at radius 2 is 2.07 bits per heavy atom. The SMILES string of the molecule is COc1ccc(NC(=O)c2cc([N+](=O)[O-])ccc2NCC2CCCO2)cc1. The van der Waals surface area contributed by atoms with E-state index in [4.69, 9.17) is 9.47 Å². The van der Waals surface area contributed by atoms with Gasteiger partial charge in [-0.25, -0.2) is 0 Å². The van der Waals surface area contributed by atoms with E-state index in [9.17, 15) is 14.9 Å². The minimum atomic E-state index is -0.520. The van der Waals surface area contributed by atoms with Crippen molar-refractivity contribution in [3.63, 3.8) is 0 Å². The number of methoxy groups -OCH3 is 1. The topological polar surface area (TPSA) is 103 Å². The third kappa shape index (κ3) is 4.73. The molecule has 1 fully saturated rings. The average Bonchev–Trinajstić information content (AvgIpc) is 3.20. The molecule has 1 atom stereocenters. The number of nitrogens with one attached hydrogen (secondary N) is 2. The van der Waals surface area contributed by atoms with E-state index < -0.39 is 10.8 Å². The van der Waals surface area contributed by atoms with Gasteiger partial charge in [0, 0.05) is 36.7 Å². The van der Waals surface area contributed by atoms with Gasteiger partial charge in [0.2, 0.25) is 0 Å². The Balaban J connectivity index is 1.79. The number of hydrogen-bond acceptors (Lipinski definition) is 6. The van der Waals surface area contributed by atoms with Crippen LogP contribution in [-0.2, 0) is 4.74 Å². The zero-order valence-electron chi connectivity index (χ0n) is 14.9. The van der Waals surface area contributed by atoms with E-state index in [0.717, 1.165) is 19.4 Å². The van der Waals surface area contributed by atoms with Gasteiger partial charge in [-0.15, -0.1) is 0 Å². The van der Waals surface area contributed by atoms with Crippen LogP contribution in [0.15, 0.2) is 42.5 Å². The number of carbonyl (C=O) groups is 1. The number of amides is 1. The van der Waals surface area contributed by atoms with Crippen LogP contribution in [0.25, 0.3) is 0 Å². The monoisotopic (exact) mass is 371 g/mol. The first-order chi connectivity index (χ1) is 13.1. The van der Waals surface area contributed by atoms with Crippen molar-refractivity contribution in [3.8, 4) is 5.75 Å². The van der Waals surface area contributed by atoms with Crippen LogP contribution in [0.5, 0.6) is 5.75 Å². The molecule has 1 amide bonds. The van der Waals surface area contributed by atoms with E-state index in [1.165, 1.54) is 12.1 Å². The second-order valence-electron chi connectivity index (χ2n) is 6.19. The fourth-order valence-electron chi connectivity index (χ4n) is 2.89. The molecule has 1 unspecified atom stereocenters. The molecule has 2 aromatic rings. The van der Waals surface area contributed by atoms with Crippen LogP contribution in [0.1, 0.15) is 23.2 Å². The summed E-state index contributed by atoms with van der Waals surface area (Å²) in [4.78, 5) is 23.3. The summed E-state index contributed by atoms with van der Waals surface area (Å²) in [5.41, 5.74) is 1.16. The maximum Gasteiger partial charge on any atom is 0.270 e. The largest absolute Gasteiger partial charge is 0.497 e. The average molecular weight is 371 g/mol. The van der Waals surface area contributed by atoms with Gasteiger partial charge >= 0.3 is 0 Å². The third-order valence-electron chi connectivity index (χ3n) is 4.35. The summed E-state index contributed by atoms with van der Waals surface area (Å²) in [6.07, 6.45) is 2.04. The molecule has 0 aliphatic carbocycles. The van der Waals surface area contributed by atoms with E-state index in [1.807, 2.05) is 0 Å². The highest BCUT2D eigenvalue weighted by Gasteiger charge is 2.20. The molecule has 0 aromatic heterocycles. The number of non-ortho nitro benzene ring substituents is 1. The number of nitro groups is 1. The van der Waals surface area contributed by atoms with E-state index in [1.54, 1.807) is 37.4 Å². The van der Waals surface area contributed by atoms with Crippen molar-refractivity contribution in [3.05, 3.63) is 58.1 Å². The Bertz CT molecular complexity index is 817. The summed E-state index contributed by atoms with van der Waals surface area (Å²) >= 11 is 0. The van der Waals surface area contributed by atoms with Gasteiger partial charge in [0.1, 0.15) is 5.75 Å². The normalized spacial score (nSPS) is 16.0. The molecule has 8 nitrogen and oxygen atoms in total. The molecule has 3 rings (SSSR count). The van der Waals surface area contributed by atoms with Crippen LogP contribution in [-0.4, -0.2) is 37.2 Å². The van der Waals surface area contributed by atoms with Gasteiger partial charge in [-0.2, -0.15) is 0 Å². The molecule has 1 aliphatic rings. The maximum atomic E-state index is 12.7. The molecule has 1 saturated heterocycles. The summed E-state index contributed by atoms with van der Waals surface area (Å²) in [7, 11) is 1.56. The number of ether oxygens (including phenoxy) is 2. The van der Waals surface area contributed by atoms with E-state index >= 15 is 0 Å². The van der Waals surface area contributed by atoms with E-state index in [2.05, 4.69) is 10.6 Å². The molecule has 8 heteroatoms. The molecule has 27 heavy (non-hydrogen) atoms. The highest BCUT2D eigenvalue weighted by atomic mass is 16.6. The quantitative estimate of drug-likeness (QED) is 0.571.